The first-order valence-electron chi connectivity index (χ1n) is 6.54. The normalized spacial score (nSPS) is 20.5. The van der Waals surface area contributed by atoms with Crippen LogP contribution >= 0.6 is 0 Å². The van der Waals surface area contributed by atoms with E-state index in [9.17, 15) is 4.79 Å². The number of rotatable bonds is 5. The predicted molar refractivity (Wildman–Crippen MR) is 68.9 cm³/mol. The lowest BCUT2D eigenvalue weighted by atomic mass is 9.95. The lowest BCUT2D eigenvalue weighted by Gasteiger charge is -2.31. The zero-order chi connectivity index (χ0) is 12.8. The molecule has 0 spiro atoms. The van der Waals surface area contributed by atoms with Crippen LogP contribution in [0.25, 0.3) is 0 Å². The van der Waals surface area contributed by atoms with Gasteiger partial charge in [0.15, 0.2) is 0 Å². The van der Waals surface area contributed by atoms with Crippen LogP contribution in [0.3, 0.4) is 0 Å². The van der Waals surface area contributed by atoms with E-state index >= 15 is 0 Å². The van der Waals surface area contributed by atoms with Gasteiger partial charge in [-0.1, -0.05) is 13.8 Å². The van der Waals surface area contributed by atoms with E-state index < -0.39 is 0 Å². The van der Waals surface area contributed by atoms with Gasteiger partial charge in [0, 0.05) is 12.6 Å². The predicted octanol–water partition coefficient (Wildman–Crippen LogP) is 1.12. The molecule has 1 unspecified atom stereocenters. The summed E-state index contributed by atoms with van der Waals surface area (Å²) in [5, 5.41) is 3.51. The summed E-state index contributed by atoms with van der Waals surface area (Å²) in [6, 6.07) is 0.553. The number of likely N-dealkylation sites (tertiary alicyclic amines) is 1. The number of hydrogen-bond acceptors (Lipinski definition) is 4. The molecule has 0 aromatic rings. The van der Waals surface area contributed by atoms with Crippen molar-refractivity contribution in [3.05, 3.63) is 0 Å². The van der Waals surface area contributed by atoms with E-state index in [-0.39, 0.29) is 11.9 Å². The lowest BCUT2D eigenvalue weighted by Crippen LogP contribution is -2.44. The molecule has 0 aliphatic carbocycles. The van der Waals surface area contributed by atoms with Gasteiger partial charge in [0.25, 0.3) is 0 Å². The summed E-state index contributed by atoms with van der Waals surface area (Å²) < 4.78 is 4.84. The van der Waals surface area contributed by atoms with Crippen LogP contribution in [0.1, 0.15) is 26.7 Å². The van der Waals surface area contributed by atoms with Gasteiger partial charge in [0.1, 0.15) is 0 Å². The molecule has 4 nitrogen and oxygen atoms in total. The van der Waals surface area contributed by atoms with Crippen LogP contribution in [0.5, 0.6) is 0 Å². The largest absolute Gasteiger partial charge is 0.469 e. The van der Waals surface area contributed by atoms with E-state index in [1.54, 1.807) is 0 Å². The monoisotopic (exact) mass is 242 g/mol. The Balaban J connectivity index is 2.34. The topological polar surface area (TPSA) is 41.6 Å². The molecule has 0 radical (unpaired) electrons. The van der Waals surface area contributed by atoms with Gasteiger partial charge in [0.05, 0.1) is 13.0 Å². The van der Waals surface area contributed by atoms with Crippen molar-refractivity contribution in [1.29, 1.82) is 0 Å². The second-order valence-electron chi connectivity index (χ2n) is 5.36. The van der Waals surface area contributed by atoms with Crippen molar-refractivity contribution in [3.8, 4) is 0 Å². The molecule has 1 heterocycles. The molecule has 1 rings (SSSR count). The van der Waals surface area contributed by atoms with Crippen molar-refractivity contribution in [2.45, 2.75) is 32.7 Å². The van der Waals surface area contributed by atoms with Crippen molar-refractivity contribution < 1.29 is 9.53 Å². The number of hydrogen-bond donors (Lipinski definition) is 1. The van der Waals surface area contributed by atoms with Crippen LogP contribution in [-0.2, 0) is 9.53 Å². The molecule has 1 aliphatic rings. The molecule has 4 heteroatoms. The van der Waals surface area contributed by atoms with E-state index in [4.69, 9.17) is 4.74 Å². The molecule has 1 aliphatic heterocycles. The molecular weight excluding hydrogens is 216 g/mol. The molecule has 1 fully saturated rings. The quantitative estimate of drug-likeness (QED) is 0.734. The molecule has 1 atom stereocenters. The Hall–Kier alpha value is -0.610. The zero-order valence-electron chi connectivity index (χ0n) is 11.5. The Morgan fingerprint density at radius 3 is 2.47 bits per heavy atom. The Kier molecular flexibility index (Phi) is 5.92. The van der Waals surface area contributed by atoms with Crippen molar-refractivity contribution in [3.63, 3.8) is 0 Å². The maximum atomic E-state index is 11.6. The number of esters is 1. The third-order valence-corrected chi connectivity index (χ3v) is 3.65. The fraction of sp³-hybridized carbons (Fsp3) is 0.923. The molecule has 0 aromatic heterocycles. The first-order valence-corrected chi connectivity index (χ1v) is 6.54. The highest BCUT2D eigenvalue weighted by Crippen LogP contribution is 2.14. The average Bonchev–Trinajstić information content (AvgIpc) is 2.31. The SMILES string of the molecule is COC(=O)C(CNC1CCN(C)CC1)C(C)C. The highest BCUT2D eigenvalue weighted by molar-refractivity contribution is 5.72. The maximum absolute atomic E-state index is 11.6. The number of nitrogens with zero attached hydrogens (tertiary/aromatic N) is 1. The summed E-state index contributed by atoms with van der Waals surface area (Å²) in [5.74, 6) is 0.196. The van der Waals surface area contributed by atoms with Crippen molar-refractivity contribution in [2.75, 3.05) is 33.8 Å². The number of methoxy groups -OCH3 is 1. The van der Waals surface area contributed by atoms with E-state index in [0.717, 1.165) is 19.6 Å². The molecule has 17 heavy (non-hydrogen) atoms. The minimum absolute atomic E-state index is 0.0281. The minimum atomic E-state index is -0.0968. The summed E-state index contributed by atoms with van der Waals surface area (Å²) in [6.07, 6.45) is 2.34. The van der Waals surface area contributed by atoms with Gasteiger partial charge in [-0.05, 0) is 38.9 Å². The molecule has 0 bridgehead atoms. The van der Waals surface area contributed by atoms with Crippen LogP contribution in [-0.4, -0.2) is 50.7 Å². The summed E-state index contributed by atoms with van der Waals surface area (Å²) in [5.41, 5.74) is 0. The third kappa shape index (κ3) is 4.64. The van der Waals surface area contributed by atoms with E-state index in [0.29, 0.717) is 12.0 Å². The molecule has 0 saturated carbocycles. The summed E-state index contributed by atoms with van der Waals surface area (Å²) in [6.45, 7) is 7.15. The smallest absolute Gasteiger partial charge is 0.310 e. The second-order valence-corrected chi connectivity index (χ2v) is 5.36. The molecule has 1 saturated heterocycles. The Labute approximate surface area is 105 Å². The van der Waals surface area contributed by atoms with E-state index in [1.165, 1.54) is 20.0 Å². The summed E-state index contributed by atoms with van der Waals surface area (Å²) >= 11 is 0. The van der Waals surface area contributed by atoms with Crippen molar-refractivity contribution in [2.24, 2.45) is 11.8 Å². The first kappa shape index (κ1) is 14.5. The lowest BCUT2D eigenvalue weighted by molar-refractivity contribution is -0.146. The molecular formula is C13H26N2O2. The average molecular weight is 242 g/mol. The van der Waals surface area contributed by atoms with Crippen LogP contribution < -0.4 is 5.32 Å². The molecule has 0 aromatic carbocycles. The highest BCUT2D eigenvalue weighted by Gasteiger charge is 2.24. The first-order chi connectivity index (χ1) is 8.04. The van der Waals surface area contributed by atoms with Crippen LogP contribution in [0, 0.1) is 11.8 Å². The molecule has 0 amide bonds. The molecule has 100 valence electrons. The fourth-order valence-corrected chi connectivity index (χ4v) is 2.25. The maximum Gasteiger partial charge on any atom is 0.310 e. The fourth-order valence-electron chi connectivity index (χ4n) is 2.25. The van der Waals surface area contributed by atoms with Gasteiger partial charge in [0.2, 0.25) is 0 Å². The van der Waals surface area contributed by atoms with Gasteiger partial charge in [-0.2, -0.15) is 0 Å². The van der Waals surface area contributed by atoms with Gasteiger partial charge >= 0.3 is 5.97 Å². The Bertz CT molecular complexity index is 236. The van der Waals surface area contributed by atoms with Crippen molar-refractivity contribution in [1.82, 2.24) is 10.2 Å². The Morgan fingerprint density at radius 1 is 1.41 bits per heavy atom. The minimum Gasteiger partial charge on any atom is -0.469 e. The number of ether oxygens (including phenoxy) is 1. The number of piperidine rings is 1. The van der Waals surface area contributed by atoms with Crippen LogP contribution in [0.15, 0.2) is 0 Å². The van der Waals surface area contributed by atoms with Gasteiger partial charge in [-0.25, -0.2) is 0 Å². The van der Waals surface area contributed by atoms with Gasteiger partial charge in [-0.3, -0.25) is 4.79 Å². The van der Waals surface area contributed by atoms with E-state index in [2.05, 4.69) is 31.1 Å². The van der Waals surface area contributed by atoms with Gasteiger partial charge < -0.3 is 15.0 Å². The summed E-state index contributed by atoms with van der Waals surface area (Å²) in [7, 11) is 3.62. The third-order valence-electron chi connectivity index (χ3n) is 3.65. The van der Waals surface area contributed by atoms with Crippen molar-refractivity contribution >= 4 is 5.97 Å². The zero-order valence-corrected chi connectivity index (χ0v) is 11.5. The molecule has 1 N–H and O–H groups in total. The number of carbonyl (C=O) groups excluding carboxylic acids is 1. The standard InChI is InChI=1S/C13H26N2O2/c1-10(2)12(13(16)17-4)9-14-11-5-7-15(3)8-6-11/h10-12,14H,5-9H2,1-4H3. The second kappa shape index (κ2) is 6.97. The number of carbonyl (C=O) groups is 1. The number of nitrogens with one attached hydrogen (secondary N) is 1. The van der Waals surface area contributed by atoms with Crippen LogP contribution in [0.2, 0.25) is 0 Å². The van der Waals surface area contributed by atoms with Gasteiger partial charge in [-0.15, -0.1) is 0 Å². The Morgan fingerprint density at radius 2 is 2.00 bits per heavy atom. The van der Waals surface area contributed by atoms with Crippen LogP contribution in [0.4, 0.5) is 0 Å². The highest BCUT2D eigenvalue weighted by atomic mass is 16.5. The summed E-state index contributed by atoms with van der Waals surface area (Å²) in [4.78, 5) is 14.0. The van der Waals surface area contributed by atoms with E-state index in [1.807, 2.05) is 0 Å².